The molecule has 1 atom stereocenters. The maximum atomic E-state index is 13.4. The van der Waals surface area contributed by atoms with Crippen molar-refractivity contribution in [3.05, 3.63) is 53.9 Å². The molecule has 0 saturated carbocycles. The van der Waals surface area contributed by atoms with Crippen molar-refractivity contribution in [3.63, 3.8) is 0 Å². The Kier molecular flexibility index (Phi) is 5.57. The van der Waals surface area contributed by atoms with Crippen LogP contribution in [0.25, 0.3) is 0 Å². The Bertz CT molecular complexity index is 728. The molecule has 2 aromatic rings. The molecule has 1 aromatic heterocycles. The summed E-state index contributed by atoms with van der Waals surface area (Å²) in [5, 5.41) is 10.1. The van der Waals surface area contributed by atoms with Crippen LogP contribution in [0.4, 0.5) is 4.39 Å². The summed E-state index contributed by atoms with van der Waals surface area (Å²) in [4.78, 5) is 12.1. The molecular weight excluding hydrogens is 343 g/mol. The van der Waals surface area contributed by atoms with E-state index >= 15 is 0 Å². The number of rotatable bonds is 5. The Hall–Kier alpha value is -1.76. The van der Waals surface area contributed by atoms with Gasteiger partial charge in [0.05, 0.1) is 6.33 Å². The molecule has 0 radical (unpaired) electrons. The van der Waals surface area contributed by atoms with Crippen molar-refractivity contribution in [1.29, 1.82) is 0 Å². The monoisotopic (exact) mass is 372 g/mol. The third-order valence-electron chi connectivity index (χ3n) is 6.59. The molecular formula is C21H29FN4O. The van der Waals surface area contributed by atoms with E-state index in [9.17, 15) is 9.50 Å². The van der Waals surface area contributed by atoms with E-state index < -0.39 is 0 Å². The fourth-order valence-electron chi connectivity index (χ4n) is 4.90. The molecule has 2 saturated heterocycles. The molecule has 146 valence electrons. The van der Waals surface area contributed by atoms with Gasteiger partial charge in [0.1, 0.15) is 5.82 Å². The minimum absolute atomic E-state index is 0.161. The largest absolute Gasteiger partial charge is 0.396 e. The lowest BCUT2D eigenvalue weighted by Crippen LogP contribution is -2.53. The van der Waals surface area contributed by atoms with Crippen molar-refractivity contribution < 1.29 is 9.50 Å². The highest BCUT2D eigenvalue weighted by Crippen LogP contribution is 2.45. The third kappa shape index (κ3) is 4.23. The minimum atomic E-state index is -0.161. The fourth-order valence-corrected chi connectivity index (χ4v) is 4.90. The summed E-state index contributed by atoms with van der Waals surface area (Å²) in [5.41, 5.74) is 2.42. The Morgan fingerprint density at radius 1 is 1.15 bits per heavy atom. The molecule has 0 amide bonds. The predicted molar refractivity (Wildman–Crippen MR) is 102 cm³/mol. The molecule has 2 aliphatic rings. The zero-order valence-electron chi connectivity index (χ0n) is 15.8. The lowest BCUT2D eigenvalue weighted by molar-refractivity contribution is -0.0452. The van der Waals surface area contributed by atoms with Crippen LogP contribution in [0, 0.1) is 17.2 Å². The van der Waals surface area contributed by atoms with Crippen LogP contribution in [-0.2, 0) is 13.1 Å². The van der Waals surface area contributed by atoms with Gasteiger partial charge in [0.25, 0.3) is 0 Å². The van der Waals surface area contributed by atoms with Crippen molar-refractivity contribution in [2.45, 2.75) is 32.4 Å². The van der Waals surface area contributed by atoms with Crippen LogP contribution in [0.1, 0.15) is 30.5 Å². The fraction of sp³-hybridized carbons (Fsp3) is 0.571. The number of halogens is 1. The van der Waals surface area contributed by atoms with E-state index in [-0.39, 0.29) is 17.8 Å². The molecule has 1 unspecified atom stereocenters. The summed E-state index contributed by atoms with van der Waals surface area (Å²) in [5.74, 6) is 0.163. The maximum absolute atomic E-state index is 13.4. The van der Waals surface area contributed by atoms with Crippen LogP contribution in [0.15, 0.2) is 36.8 Å². The first kappa shape index (κ1) is 18.6. The van der Waals surface area contributed by atoms with E-state index in [2.05, 4.69) is 19.8 Å². The summed E-state index contributed by atoms with van der Waals surface area (Å²) in [7, 11) is 0. The van der Waals surface area contributed by atoms with E-state index in [1.165, 1.54) is 6.07 Å². The number of hydrogen-bond donors (Lipinski definition) is 2. The van der Waals surface area contributed by atoms with Crippen LogP contribution in [0.3, 0.4) is 0 Å². The van der Waals surface area contributed by atoms with Gasteiger partial charge in [-0.2, -0.15) is 0 Å². The summed E-state index contributed by atoms with van der Waals surface area (Å²) < 4.78 is 13.4. The second-order valence-electron chi connectivity index (χ2n) is 8.21. The van der Waals surface area contributed by atoms with Gasteiger partial charge in [-0.25, -0.2) is 9.37 Å². The number of benzene rings is 1. The topological polar surface area (TPSA) is 55.4 Å². The summed E-state index contributed by atoms with van der Waals surface area (Å²) in [6.45, 7) is 5.99. The van der Waals surface area contributed by atoms with E-state index in [0.29, 0.717) is 5.92 Å². The number of aromatic amines is 1. The highest BCUT2D eigenvalue weighted by Gasteiger charge is 2.44. The van der Waals surface area contributed by atoms with Gasteiger partial charge in [-0.05, 0) is 62.0 Å². The van der Waals surface area contributed by atoms with Gasteiger partial charge in [0.2, 0.25) is 0 Å². The van der Waals surface area contributed by atoms with Crippen molar-refractivity contribution in [2.24, 2.45) is 11.3 Å². The lowest BCUT2D eigenvalue weighted by Gasteiger charge is -2.51. The first-order valence-corrected chi connectivity index (χ1v) is 9.94. The molecule has 6 heteroatoms. The summed E-state index contributed by atoms with van der Waals surface area (Å²) in [6.07, 6.45) is 6.97. The van der Waals surface area contributed by atoms with E-state index in [0.717, 1.165) is 69.8 Å². The Balaban J connectivity index is 1.34. The molecule has 0 aliphatic carbocycles. The highest BCUT2D eigenvalue weighted by molar-refractivity contribution is 5.16. The van der Waals surface area contributed by atoms with Gasteiger partial charge >= 0.3 is 0 Å². The number of imidazole rings is 1. The standard InChI is InChI=1S/C21H29FN4O/c22-19-3-1-2-17(10-19)12-25-7-4-21(5-8-25)6-9-26(13-18(21)15-27)14-20-11-23-16-24-20/h1-3,10-11,16,18,27H,4-9,12-15H2,(H,23,24). The molecule has 4 rings (SSSR count). The summed E-state index contributed by atoms with van der Waals surface area (Å²) >= 11 is 0. The Morgan fingerprint density at radius 3 is 2.59 bits per heavy atom. The van der Waals surface area contributed by atoms with Crippen LogP contribution in [0.5, 0.6) is 0 Å². The molecule has 2 aliphatic heterocycles. The average molecular weight is 372 g/mol. The van der Waals surface area contributed by atoms with Crippen molar-refractivity contribution in [2.75, 3.05) is 32.8 Å². The van der Waals surface area contributed by atoms with E-state index in [4.69, 9.17) is 0 Å². The number of piperidine rings is 2. The van der Waals surface area contributed by atoms with Gasteiger partial charge in [-0.15, -0.1) is 0 Å². The second-order valence-corrected chi connectivity index (χ2v) is 8.21. The Labute approximate surface area is 160 Å². The highest BCUT2D eigenvalue weighted by atomic mass is 19.1. The summed E-state index contributed by atoms with van der Waals surface area (Å²) in [6, 6.07) is 6.91. The molecule has 27 heavy (non-hydrogen) atoms. The number of nitrogens with one attached hydrogen (secondary N) is 1. The minimum Gasteiger partial charge on any atom is -0.396 e. The van der Waals surface area contributed by atoms with Gasteiger partial charge < -0.3 is 10.1 Å². The molecule has 3 heterocycles. The SMILES string of the molecule is OCC1CN(Cc2cnc[nH]2)CCC12CCN(Cc1cccc(F)c1)CC2. The lowest BCUT2D eigenvalue weighted by atomic mass is 9.64. The van der Waals surface area contributed by atoms with Gasteiger partial charge in [0.15, 0.2) is 0 Å². The van der Waals surface area contributed by atoms with Gasteiger partial charge in [-0.3, -0.25) is 9.80 Å². The molecule has 1 aromatic carbocycles. The third-order valence-corrected chi connectivity index (χ3v) is 6.59. The van der Waals surface area contributed by atoms with Crippen molar-refractivity contribution in [3.8, 4) is 0 Å². The smallest absolute Gasteiger partial charge is 0.123 e. The van der Waals surface area contributed by atoms with Crippen LogP contribution in [0.2, 0.25) is 0 Å². The second kappa shape index (κ2) is 8.09. The predicted octanol–water partition coefficient (Wildman–Crippen LogP) is 2.65. The molecule has 5 nitrogen and oxygen atoms in total. The molecule has 2 fully saturated rings. The zero-order valence-corrected chi connectivity index (χ0v) is 15.8. The molecule has 0 bridgehead atoms. The van der Waals surface area contributed by atoms with E-state index in [1.807, 2.05) is 12.3 Å². The first-order chi connectivity index (χ1) is 13.2. The van der Waals surface area contributed by atoms with Gasteiger partial charge in [-0.1, -0.05) is 12.1 Å². The van der Waals surface area contributed by atoms with Crippen LogP contribution >= 0.6 is 0 Å². The first-order valence-electron chi connectivity index (χ1n) is 9.94. The van der Waals surface area contributed by atoms with Crippen LogP contribution in [-0.4, -0.2) is 57.7 Å². The van der Waals surface area contributed by atoms with Crippen molar-refractivity contribution >= 4 is 0 Å². The molecule has 2 N–H and O–H groups in total. The average Bonchev–Trinajstić information content (AvgIpc) is 3.18. The number of likely N-dealkylation sites (tertiary alicyclic amines) is 2. The number of hydrogen-bond acceptors (Lipinski definition) is 4. The van der Waals surface area contributed by atoms with Crippen LogP contribution < -0.4 is 0 Å². The number of aromatic nitrogens is 2. The maximum Gasteiger partial charge on any atom is 0.123 e. The zero-order chi connectivity index (χ0) is 18.7. The van der Waals surface area contributed by atoms with Gasteiger partial charge in [0, 0.05) is 44.0 Å². The molecule has 1 spiro atoms. The number of aliphatic hydroxyl groups excluding tert-OH is 1. The number of H-pyrrole nitrogens is 1. The number of aliphatic hydroxyl groups is 1. The Morgan fingerprint density at radius 2 is 1.93 bits per heavy atom. The number of nitrogens with zero attached hydrogens (tertiary/aromatic N) is 3. The van der Waals surface area contributed by atoms with E-state index in [1.54, 1.807) is 18.5 Å². The quantitative estimate of drug-likeness (QED) is 0.847. The normalized spacial score (nSPS) is 23.7. The van der Waals surface area contributed by atoms with Crippen molar-refractivity contribution in [1.82, 2.24) is 19.8 Å².